The molecule has 1 aliphatic rings. The SMILES string of the molecule is CCOc1ccc(CN(C)C(=NC)NCC2CCN(C)C2)cc1.I. The lowest BCUT2D eigenvalue weighted by Gasteiger charge is -2.23. The van der Waals surface area contributed by atoms with Crippen molar-refractivity contribution in [1.29, 1.82) is 0 Å². The smallest absolute Gasteiger partial charge is 0.193 e. The molecule has 1 saturated heterocycles. The van der Waals surface area contributed by atoms with Crippen LogP contribution in [0.15, 0.2) is 29.3 Å². The van der Waals surface area contributed by atoms with E-state index in [0.29, 0.717) is 6.61 Å². The molecule has 5 nitrogen and oxygen atoms in total. The van der Waals surface area contributed by atoms with Crippen molar-refractivity contribution in [3.63, 3.8) is 0 Å². The molecule has 0 aromatic heterocycles. The molecule has 24 heavy (non-hydrogen) atoms. The van der Waals surface area contributed by atoms with Crippen LogP contribution in [0.3, 0.4) is 0 Å². The fraction of sp³-hybridized carbons (Fsp3) is 0.611. The third-order valence-corrected chi connectivity index (χ3v) is 4.27. The summed E-state index contributed by atoms with van der Waals surface area (Å²) in [6.45, 7) is 6.90. The molecule has 136 valence electrons. The second-order valence-electron chi connectivity index (χ2n) is 6.28. The van der Waals surface area contributed by atoms with Gasteiger partial charge in [-0.1, -0.05) is 12.1 Å². The number of hydrogen-bond donors (Lipinski definition) is 1. The lowest BCUT2D eigenvalue weighted by atomic mass is 10.1. The maximum Gasteiger partial charge on any atom is 0.193 e. The number of nitrogens with one attached hydrogen (secondary N) is 1. The Morgan fingerprint density at radius 2 is 2.08 bits per heavy atom. The molecular weight excluding hydrogens is 415 g/mol. The first-order valence-electron chi connectivity index (χ1n) is 8.44. The van der Waals surface area contributed by atoms with Gasteiger partial charge < -0.3 is 19.9 Å². The van der Waals surface area contributed by atoms with Crippen molar-refractivity contribution in [3.8, 4) is 5.75 Å². The van der Waals surface area contributed by atoms with Gasteiger partial charge in [-0.25, -0.2) is 0 Å². The molecule has 1 heterocycles. The van der Waals surface area contributed by atoms with E-state index >= 15 is 0 Å². The first-order chi connectivity index (χ1) is 11.1. The molecule has 6 heteroatoms. The van der Waals surface area contributed by atoms with E-state index < -0.39 is 0 Å². The van der Waals surface area contributed by atoms with Crippen molar-refractivity contribution in [3.05, 3.63) is 29.8 Å². The Hall–Kier alpha value is -1.02. The van der Waals surface area contributed by atoms with Crippen LogP contribution in [0, 0.1) is 5.92 Å². The van der Waals surface area contributed by atoms with Crippen LogP contribution >= 0.6 is 24.0 Å². The number of rotatable bonds is 6. The molecule has 1 aromatic carbocycles. The van der Waals surface area contributed by atoms with Gasteiger partial charge in [-0.05, 0) is 50.6 Å². The Bertz CT molecular complexity index is 506. The Morgan fingerprint density at radius 3 is 2.62 bits per heavy atom. The number of guanidine groups is 1. The van der Waals surface area contributed by atoms with E-state index in [9.17, 15) is 0 Å². The average Bonchev–Trinajstić information content (AvgIpc) is 2.95. The molecule has 1 fully saturated rings. The van der Waals surface area contributed by atoms with Gasteiger partial charge in [0.2, 0.25) is 0 Å². The molecule has 0 bridgehead atoms. The van der Waals surface area contributed by atoms with E-state index in [2.05, 4.69) is 46.3 Å². The van der Waals surface area contributed by atoms with E-state index in [1.54, 1.807) is 0 Å². The van der Waals surface area contributed by atoms with Crippen LogP contribution in [-0.2, 0) is 6.54 Å². The molecule has 1 aromatic rings. The molecule has 1 atom stereocenters. The minimum Gasteiger partial charge on any atom is -0.494 e. The maximum atomic E-state index is 5.48. The summed E-state index contributed by atoms with van der Waals surface area (Å²) in [6, 6.07) is 8.27. The number of halogens is 1. The summed E-state index contributed by atoms with van der Waals surface area (Å²) in [7, 11) is 6.11. The van der Waals surface area contributed by atoms with Crippen molar-refractivity contribution in [2.75, 3.05) is 47.4 Å². The van der Waals surface area contributed by atoms with Crippen molar-refractivity contribution in [1.82, 2.24) is 15.1 Å². The van der Waals surface area contributed by atoms with Crippen molar-refractivity contribution in [2.24, 2.45) is 10.9 Å². The minimum absolute atomic E-state index is 0. The van der Waals surface area contributed by atoms with E-state index in [1.165, 1.54) is 25.1 Å². The van der Waals surface area contributed by atoms with Crippen LogP contribution < -0.4 is 10.1 Å². The molecule has 1 N–H and O–H groups in total. The molecule has 0 saturated carbocycles. The van der Waals surface area contributed by atoms with Crippen molar-refractivity contribution >= 4 is 29.9 Å². The van der Waals surface area contributed by atoms with E-state index in [4.69, 9.17) is 4.74 Å². The number of nitrogens with zero attached hydrogens (tertiary/aromatic N) is 3. The number of aliphatic imine (C=N–C) groups is 1. The highest BCUT2D eigenvalue weighted by atomic mass is 127. The van der Waals surface area contributed by atoms with Crippen molar-refractivity contribution < 1.29 is 4.74 Å². The Kier molecular flexibility index (Phi) is 9.43. The summed E-state index contributed by atoms with van der Waals surface area (Å²) in [5, 5.41) is 3.51. The molecule has 0 amide bonds. The van der Waals surface area contributed by atoms with Crippen LogP contribution in [0.2, 0.25) is 0 Å². The summed E-state index contributed by atoms with van der Waals surface area (Å²) < 4.78 is 5.48. The summed E-state index contributed by atoms with van der Waals surface area (Å²) in [5.41, 5.74) is 1.25. The summed E-state index contributed by atoms with van der Waals surface area (Å²) >= 11 is 0. The van der Waals surface area contributed by atoms with Gasteiger partial charge in [-0.2, -0.15) is 0 Å². The Morgan fingerprint density at radius 1 is 1.38 bits per heavy atom. The van der Waals surface area contributed by atoms with E-state index in [0.717, 1.165) is 30.7 Å². The molecule has 0 radical (unpaired) electrons. The molecule has 1 unspecified atom stereocenters. The third-order valence-electron chi connectivity index (χ3n) is 4.27. The second kappa shape index (κ2) is 10.8. The number of benzene rings is 1. The topological polar surface area (TPSA) is 40.1 Å². The zero-order chi connectivity index (χ0) is 16.7. The quantitative estimate of drug-likeness (QED) is 0.415. The van der Waals surface area contributed by atoms with Crippen LogP contribution in [0.1, 0.15) is 18.9 Å². The molecule has 1 aliphatic heterocycles. The van der Waals surface area contributed by atoms with Gasteiger partial charge in [0.25, 0.3) is 0 Å². The fourth-order valence-corrected chi connectivity index (χ4v) is 3.02. The first-order valence-corrected chi connectivity index (χ1v) is 8.44. The highest BCUT2D eigenvalue weighted by Crippen LogP contribution is 2.14. The Balaban J connectivity index is 0.00000288. The largest absolute Gasteiger partial charge is 0.494 e. The number of hydrogen-bond acceptors (Lipinski definition) is 3. The second-order valence-corrected chi connectivity index (χ2v) is 6.28. The third kappa shape index (κ3) is 6.47. The predicted octanol–water partition coefficient (Wildman–Crippen LogP) is 2.66. The molecule has 2 rings (SSSR count). The summed E-state index contributed by atoms with van der Waals surface area (Å²) in [4.78, 5) is 8.95. The van der Waals surface area contributed by atoms with Crippen LogP contribution in [0.5, 0.6) is 5.75 Å². The highest BCUT2D eigenvalue weighted by Gasteiger charge is 2.19. The van der Waals surface area contributed by atoms with E-state index in [-0.39, 0.29) is 24.0 Å². The van der Waals surface area contributed by atoms with Crippen LogP contribution in [-0.4, -0.2) is 63.1 Å². The summed E-state index contributed by atoms with van der Waals surface area (Å²) in [6.07, 6.45) is 1.27. The normalized spacial score (nSPS) is 18.2. The molecule has 0 aliphatic carbocycles. The van der Waals surface area contributed by atoms with Crippen LogP contribution in [0.4, 0.5) is 0 Å². The van der Waals surface area contributed by atoms with Gasteiger partial charge in [0.05, 0.1) is 6.61 Å². The van der Waals surface area contributed by atoms with Gasteiger partial charge in [0, 0.05) is 33.7 Å². The fourth-order valence-electron chi connectivity index (χ4n) is 3.02. The zero-order valence-electron chi connectivity index (χ0n) is 15.3. The maximum absolute atomic E-state index is 5.48. The van der Waals surface area contributed by atoms with Gasteiger partial charge in [0.15, 0.2) is 5.96 Å². The number of ether oxygens (including phenoxy) is 1. The lowest BCUT2D eigenvalue weighted by molar-refractivity contribution is 0.340. The minimum atomic E-state index is 0. The average molecular weight is 446 g/mol. The predicted molar refractivity (Wildman–Crippen MR) is 111 cm³/mol. The summed E-state index contributed by atoms with van der Waals surface area (Å²) in [5.74, 6) is 2.59. The molecule has 0 spiro atoms. The standard InChI is InChI=1S/C18H30N4O.HI/c1-5-23-17-8-6-15(7-9-17)14-22(4)18(19-2)20-12-16-10-11-21(3)13-16;/h6-9,16H,5,10-14H2,1-4H3,(H,19,20);1H. The monoisotopic (exact) mass is 446 g/mol. The zero-order valence-corrected chi connectivity index (χ0v) is 17.6. The Labute approximate surface area is 163 Å². The highest BCUT2D eigenvalue weighted by molar-refractivity contribution is 14.0. The van der Waals surface area contributed by atoms with Gasteiger partial charge in [-0.15, -0.1) is 24.0 Å². The molecular formula is C18H31IN4O. The first kappa shape index (κ1) is 21.0. The van der Waals surface area contributed by atoms with Crippen LogP contribution in [0.25, 0.3) is 0 Å². The lowest BCUT2D eigenvalue weighted by Crippen LogP contribution is -2.41. The van der Waals surface area contributed by atoms with Gasteiger partial charge in [0.1, 0.15) is 5.75 Å². The van der Waals surface area contributed by atoms with E-state index in [1.807, 2.05) is 26.1 Å². The van der Waals surface area contributed by atoms with Gasteiger partial charge in [-0.3, -0.25) is 4.99 Å². The van der Waals surface area contributed by atoms with Crippen molar-refractivity contribution in [2.45, 2.75) is 19.9 Å². The number of likely N-dealkylation sites (tertiary alicyclic amines) is 1. The van der Waals surface area contributed by atoms with Gasteiger partial charge >= 0.3 is 0 Å².